The molecule has 0 fully saturated rings. The maximum Gasteiger partial charge on any atom is 0.244 e. The maximum absolute atomic E-state index is 11.9. The van der Waals surface area contributed by atoms with E-state index in [0.29, 0.717) is 13.0 Å². The van der Waals surface area contributed by atoms with Gasteiger partial charge in [-0.3, -0.25) is 4.79 Å². The third-order valence-corrected chi connectivity index (χ3v) is 4.62. The second-order valence-electron chi connectivity index (χ2n) is 6.44. The van der Waals surface area contributed by atoms with Crippen LogP contribution in [-0.2, 0) is 17.8 Å². The highest BCUT2D eigenvalue weighted by Gasteiger charge is 2.01. The molecule has 0 spiro atoms. The first-order valence-electron chi connectivity index (χ1n) is 8.93. The predicted molar refractivity (Wildman–Crippen MR) is 116 cm³/mol. The van der Waals surface area contributed by atoms with Crippen molar-refractivity contribution in [1.29, 1.82) is 0 Å². The Hall–Kier alpha value is -2.92. The molecular formula is C23H21BrN2O2. The van der Waals surface area contributed by atoms with Crippen molar-refractivity contribution in [2.45, 2.75) is 20.0 Å². The highest BCUT2D eigenvalue weighted by Crippen LogP contribution is 2.15. The van der Waals surface area contributed by atoms with Gasteiger partial charge in [0.15, 0.2) is 0 Å². The summed E-state index contributed by atoms with van der Waals surface area (Å²) in [5.41, 5.74) is 6.67. The molecule has 0 aliphatic heterocycles. The van der Waals surface area contributed by atoms with Crippen LogP contribution in [0, 0.1) is 6.92 Å². The van der Waals surface area contributed by atoms with Crippen molar-refractivity contribution in [3.63, 3.8) is 0 Å². The van der Waals surface area contributed by atoms with Gasteiger partial charge in [-0.1, -0.05) is 57.9 Å². The molecule has 142 valence electrons. The largest absolute Gasteiger partial charge is 0.489 e. The van der Waals surface area contributed by atoms with E-state index in [9.17, 15) is 4.79 Å². The van der Waals surface area contributed by atoms with E-state index in [-0.39, 0.29) is 5.91 Å². The fraction of sp³-hybridized carbons (Fsp3) is 0.130. The number of hydrogen-bond acceptors (Lipinski definition) is 3. The maximum atomic E-state index is 11.9. The Labute approximate surface area is 173 Å². The van der Waals surface area contributed by atoms with Crippen LogP contribution in [0.15, 0.2) is 82.4 Å². The monoisotopic (exact) mass is 436 g/mol. The molecule has 3 rings (SSSR count). The fourth-order valence-corrected chi connectivity index (χ4v) is 2.77. The zero-order valence-corrected chi connectivity index (χ0v) is 17.1. The summed E-state index contributed by atoms with van der Waals surface area (Å²) >= 11 is 3.42. The molecule has 3 aromatic rings. The van der Waals surface area contributed by atoms with Gasteiger partial charge in [-0.15, -0.1) is 0 Å². The predicted octanol–water partition coefficient (Wildman–Crippen LogP) is 5.03. The molecular weight excluding hydrogens is 416 g/mol. The lowest BCUT2D eigenvalue weighted by molar-refractivity contribution is -0.120. The lowest BCUT2D eigenvalue weighted by Gasteiger charge is -2.06. The quantitative estimate of drug-likeness (QED) is 0.417. The lowest BCUT2D eigenvalue weighted by atomic mass is 10.1. The van der Waals surface area contributed by atoms with E-state index in [4.69, 9.17) is 4.74 Å². The number of halogens is 1. The number of benzene rings is 3. The molecule has 0 radical (unpaired) electrons. The van der Waals surface area contributed by atoms with E-state index in [0.717, 1.165) is 26.9 Å². The summed E-state index contributed by atoms with van der Waals surface area (Å²) in [6.45, 7) is 2.53. The Morgan fingerprint density at radius 2 is 1.61 bits per heavy atom. The van der Waals surface area contributed by atoms with Crippen molar-refractivity contribution in [2.75, 3.05) is 0 Å². The standard InChI is InChI=1S/C23H21BrN2O2/c1-17-2-4-18(5-3-17)14-23(27)26-25-15-19-8-12-22(13-9-19)28-16-20-6-10-21(24)11-7-20/h2-13,15H,14,16H2,1H3,(H,26,27). The van der Waals surface area contributed by atoms with Gasteiger partial charge in [0.25, 0.3) is 0 Å². The smallest absolute Gasteiger partial charge is 0.244 e. The molecule has 0 saturated heterocycles. The number of nitrogens with zero attached hydrogens (tertiary/aromatic N) is 1. The van der Waals surface area contributed by atoms with Gasteiger partial charge in [-0.2, -0.15) is 5.10 Å². The lowest BCUT2D eigenvalue weighted by Crippen LogP contribution is -2.19. The normalized spacial score (nSPS) is 10.8. The fourth-order valence-electron chi connectivity index (χ4n) is 2.51. The van der Waals surface area contributed by atoms with Crippen LogP contribution < -0.4 is 10.2 Å². The van der Waals surface area contributed by atoms with E-state index < -0.39 is 0 Å². The van der Waals surface area contributed by atoms with Crippen LogP contribution in [0.3, 0.4) is 0 Å². The molecule has 0 aromatic heterocycles. The van der Waals surface area contributed by atoms with Crippen LogP contribution in [0.4, 0.5) is 0 Å². The molecule has 3 aromatic carbocycles. The Kier molecular flexibility index (Phi) is 6.98. The SMILES string of the molecule is Cc1ccc(CC(=O)NN=Cc2ccc(OCc3ccc(Br)cc3)cc2)cc1. The van der Waals surface area contributed by atoms with Crippen LogP contribution in [0.25, 0.3) is 0 Å². The van der Waals surface area contributed by atoms with Crippen molar-refractivity contribution >= 4 is 28.1 Å². The molecule has 1 N–H and O–H groups in total. The summed E-state index contributed by atoms with van der Waals surface area (Å²) in [6.07, 6.45) is 1.92. The molecule has 0 aliphatic carbocycles. The van der Waals surface area contributed by atoms with Crippen LogP contribution in [0.2, 0.25) is 0 Å². The Morgan fingerprint density at radius 1 is 0.964 bits per heavy atom. The number of carbonyl (C=O) groups is 1. The number of ether oxygens (including phenoxy) is 1. The molecule has 1 amide bonds. The highest BCUT2D eigenvalue weighted by atomic mass is 79.9. The van der Waals surface area contributed by atoms with E-state index in [1.807, 2.05) is 79.7 Å². The number of aryl methyl sites for hydroxylation is 1. The molecule has 0 atom stereocenters. The topological polar surface area (TPSA) is 50.7 Å². The summed E-state index contributed by atoms with van der Waals surface area (Å²) in [5, 5.41) is 4.02. The second-order valence-corrected chi connectivity index (χ2v) is 7.36. The van der Waals surface area contributed by atoms with Crippen molar-refractivity contribution < 1.29 is 9.53 Å². The van der Waals surface area contributed by atoms with Gasteiger partial charge in [-0.25, -0.2) is 5.43 Å². The van der Waals surface area contributed by atoms with Crippen LogP contribution in [-0.4, -0.2) is 12.1 Å². The average molecular weight is 437 g/mol. The van der Waals surface area contributed by atoms with Crippen LogP contribution in [0.1, 0.15) is 22.3 Å². The van der Waals surface area contributed by atoms with E-state index >= 15 is 0 Å². The minimum absolute atomic E-state index is 0.144. The minimum Gasteiger partial charge on any atom is -0.489 e. The summed E-state index contributed by atoms with van der Waals surface area (Å²) < 4.78 is 6.82. The van der Waals surface area contributed by atoms with Crippen molar-refractivity contribution in [2.24, 2.45) is 5.10 Å². The number of amides is 1. The van der Waals surface area contributed by atoms with Gasteiger partial charge in [0, 0.05) is 4.47 Å². The van der Waals surface area contributed by atoms with Crippen LogP contribution in [0.5, 0.6) is 5.75 Å². The third kappa shape index (κ3) is 6.35. The van der Waals surface area contributed by atoms with Gasteiger partial charge in [0.05, 0.1) is 12.6 Å². The molecule has 0 heterocycles. The molecule has 5 heteroatoms. The Morgan fingerprint density at radius 3 is 2.29 bits per heavy atom. The van der Waals surface area contributed by atoms with Crippen molar-refractivity contribution in [3.8, 4) is 5.75 Å². The van der Waals surface area contributed by atoms with Gasteiger partial charge in [-0.05, 0) is 60.0 Å². The number of hydrazone groups is 1. The highest BCUT2D eigenvalue weighted by molar-refractivity contribution is 9.10. The molecule has 0 saturated carbocycles. The van der Waals surface area contributed by atoms with Crippen molar-refractivity contribution in [1.82, 2.24) is 5.43 Å². The second kappa shape index (κ2) is 9.85. The molecule has 0 unspecified atom stereocenters. The molecule has 4 nitrogen and oxygen atoms in total. The number of carbonyl (C=O) groups excluding carboxylic acids is 1. The van der Waals surface area contributed by atoms with Crippen LogP contribution >= 0.6 is 15.9 Å². The van der Waals surface area contributed by atoms with Gasteiger partial charge < -0.3 is 4.74 Å². The van der Waals surface area contributed by atoms with Gasteiger partial charge >= 0.3 is 0 Å². The average Bonchev–Trinajstić information content (AvgIpc) is 2.70. The summed E-state index contributed by atoms with van der Waals surface area (Å²) in [7, 11) is 0. The van der Waals surface area contributed by atoms with Gasteiger partial charge in [0.1, 0.15) is 12.4 Å². The minimum atomic E-state index is -0.144. The van der Waals surface area contributed by atoms with Gasteiger partial charge in [0.2, 0.25) is 5.91 Å². The summed E-state index contributed by atoms with van der Waals surface area (Å²) in [5.74, 6) is 0.637. The number of rotatable bonds is 7. The first-order valence-corrected chi connectivity index (χ1v) is 9.72. The van der Waals surface area contributed by atoms with Crippen molar-refractivity contribution in [3.05, 3.63) is 99.5 Å². The summed E-state index contributed by atoms with van der Waals surface area (Å²) in [4.78, 5) is 11.9. The van der Waals surface area contributed by atoms with E-state index in [1.165, 1.54) is 5.56 Å². The first kappa shape index (κ1) is 19.8. The molecule has 28 heavy (non-hydrogen) atoms. The van der Waals surface area contributed by atoms with E-state index in [1.54, 1.807) is 6.21 Å². The Balaban J connectivity index is 1.45. The first-order chi connectivity index (χ1) is 13.6. The van der Waals surface area contributed by atoms with E-state index in [2.05, 4.69) is 26.5 Å². The Bertz CT molecular complexity index is 934. The molecule has 0 bridgehead atoms. The number of hydrogen-bond donors (Lipinski definition) is 1. The zero-order chi connectivity index (χ0) is 19.8. The number of nitrogens with one attached hydrogen (secondary N) is 1. The molecule has 0 aliphatic rings. The zero-order valence-electron chi connectivity index (χ0n) is 15.6. The third-order valence-electron chi connectivity index (χ3n) is 4.09. The summed E-state index contributed by atoms with van der Waals surface area (Å²) in [6, 6.07) is 23.5.